The fourth-order valence-corrected chi connectivity index (χ4v) is 3.77. The van der Waals surface area contributed by atoms with Crippen molar-refractivity contribution in [1.29, 1.82) is 0 Å². The minimum absolute atomic E-state index is 0.00451. The van der Waals surface area contributed by atoms with Gasteiger partial charge in [0.2, 0.25) is 0 Å². The number of alkyl halides is 3. The Morgan fingerprint density at radius 3 is 2.45 bits per heavy atom. The highest BCUT2D eigenvalue weighted by atomic mass is 19.4. The average Bonchev–Trinajstić information content (AvgIpc) is 3.59. The van der Waals surface area contributed by atoms with Gasteiger partial charge in [-0.25, -0.2) is 4.39 Å². The maximum atomic E-state index is 13.8. The van der Waals surface area contributed by atoms with E-state index in [4.69, 9.17) is 0 Å². The molecular weight excluding hydrogens is 384 g/mol. The molecule has 1 aromatic carbocycles. The molecule has 0 spiro atoms. The molecule has 2 aromatic rings. The van der Waals surface area contributed by atoms with Crippen LogP contribution in [0.3, 0.4) is 0 Å². The van der Waals surface area contributed by atoms with Crippen LogP contribution in [0.1, 0.15) is 65.6 Å². The van der Waals surface area contributed by atoms with Crippen LogP contribution in [0, 0.1) is 11.2 Å². The average molecular weight is 406 g/mol. The van der Waals surface area contributed by atoms with Crippen LogP contribution in [0.25, 0.3) is 0 Å². The van der Waals surface area contributed by atoms with E-state index < -0.39 is 29.2 Å². The van der Waals surface area contributed by atoms with Crippen LogP contribution in [0.2, 0.25) is 0 Å². The molecule has 0 aliphatic heterocycles. The Morgan fingerprint density at radius 2 is 1.90 bits per heavy atom. The number of nitrogens with one attached hydrogen (secondary N) is 1. The van der Waals surface area contributed by atoms with E-state index in [-0.39, 0.29) is 31.4 Å². The van der Waals surface area contributed by atoms with Gasteiger partial charge in [0.05, 0.1) is 11.0 Å². The molecule has 1 N–H and O–H groups in total. The molecule has 3 nitrogen and oxygen atoms in total. The van der Waals surface area contributed by atoms with Gasteiger partial charge in [0.25, 0.3) is 5.91 Å². The van der Waals surface area contributed by atoms with Gasteiger partial charge >= 0.3 is 6.18 Å². The van der Waals surface area contributed by atoms with Crippen LogP contribution in [-0.4, -0.2) is 23.6 Å². The summed E-state index contributed by atoms with van der Waals surface area (Å²) < 4.78 is 54.4. The topological polar surface area (TPSA) is 42.0 Å². The van der Waals surface area contributed by atoms with Gasteiger partial charge in [0, 0.05) is 30.3 Å². The molecule has 0 bridgehead atoms. The molecule has 2 fully saturated rings. The van der Waals surface area contributed by atoms with E-state index in [1.807, 2.05) is 12.1 Å². The minimum atomic E-state index is -4.28. The van der Waals surface area contributed by atoms with Crippen molar-refractivity contribution in [3.8, 4) is 0 Å². The smallest absolute Gasteiger partial charge is 0.351 e. The third-order valence-corrected chi connectivity index (χ3v) is 6.00. The first-order valence-corrected chi connectivity index (χ1v) is 9.84. The third-order valence-electron chi connectivity index (χ3n) is 6.00. The van der Waals surface area contributed by atoms with Crippen molar-refractivity contribution in [3.63, 3.8) is 0 Å². The van der Waals surface area contributed by atoms with Gasteiger partial charge in [-0.2, -0.15) is 13.2 Å². The number of hydrogen-bond acceptors (Lipinski definition) is 2. The van der Waals surface area contributed by atoms with Gasteiger partial charge < -0.3 is 5.32 Å². The Bertz CT molecular complexity index is 886. The van der Waals surface area contributed by atoms with Crippen molar-refractivity contribution in [2.75, 3.05) is 6.54 Å². The first kappa shape index (κ1) is 19.9. The second-order valence-corrected chi connectivity index (χ2v) is 8.16. The molecule has 1 heterocycles. The molecule has 1 aromatic heterocycles. The maximum Gasteiger partial charge on any atom is 0.394 e. The van der Waals surface area contributed by atoms with E-state index >= 15 is 0 Å². The van der Waals surface area contributed by atoms with Crippen LogP contribution in [0.4, 0.5) is 17.6 Å². The Balaban J connectivity index is 1.51. The SMILES string of the molecule is O=C(NCC(CC1(C(F)(F)F)CC1)c1ccc(C2CC2)nc1)c1ccccc1F. The fraction of sp³-hybridized carbons (Fsp3) is 0.455. The quantitative estimate of drug-likeness (QED) is 0.631. The number of rotatable bonds is 7. The number of nitrogens with zero attached hydrogens (tertiary/aromatic N) is 1. The summed E-state index contributed by atoms with van der Waals surface area (Å²) >= 11 is 0. The van der Waals surface area contributed by atoms with Crippen LogP contribution in [0.5, 0.6) is 0 Å². The molecule has 1 unspecified atom stereocenters. The minimum Gasteiger partial charge on any atom is -0.351 e. The van der Waals surface area contributed by atoms with Gasteiger partial charge in [-0.1, -0.05) is 18.2 Å². The summed E-state index contributed by atoms with van der Waals surface area (Å²) in [6, 6.07) is 9.22. The largest absolute Gasteiger partial charge is 0.394 e. The number of amides is 1. The molecule has 0 radical (unpaired) electrons. The Kier molecular flexibility index (Phi) is 5.09. The molecule has 0 saturated heterocycles. The van der Waals surface area contributed by atoms with E-state index in [0.717, 1.165) is 18.5 Å². The van der Waals surface area contributed by atoms with Crippen LogP contribution < -0.4 is 5.32 Å². The van der Waals surface area contributed by atoms with Gasteiger partial charge in [-0.05, 0) is 55.9 Å². The van der Waals surface area contributed by atoms with E-state index in [1.54, 1.807) is 12.3 Å². The van der Waals surface area contributed by atoms with Gasteiger partial charge in [-0.15, -0.1) is 0 Å². The number of halogens is 4. The molecule has 1 atom stereocenters. The van der Waals surface area contributed by atoms with Crippen molar-refractivity contribution in [2.24, 2.45) is 5.41 Å². The van der Waals surface area contributed by atoms with E-state index in [0.29, 0.717) is 11.5 Å². The van der Waals surface area contributed by atoms with Crippen LogP contribution in [0.15, 0.2) is 42.6 Å². The molecule has 29 heavy (non-hydrogen) atoms. The van der Waals surface area contributed by atoms with Crippen molar-refractivity contribution >= 4 is 5.91 Å². The first-order chi connectivity index (χ1) is 13.8. The summed E-state index contributed by atoms with van der Waals surface area (Å²) in [7, 11) is 0. The van der Waals surface area contributed by atoms with Crippen molar-refractivity contribution in [1.82, 2.24) is 10.3 Å². The number of aromatic nitrogens is 1. The summed E-state index contributed by atoms with van der Waals surface area (Å²) in [6.45, 7) is -0.00451. The number of hydrogen-bond donors (Lipinski definition) is 1. The van der Waals surface area contributed by atoms with Gasteiger partial charge in [0.1, 0.15) is 5.82 Å². The molecule has 7 heteroatoms. The molecule has 2 saturated carbocycles. The molecule has 2 aliphatic rings. The number of carbonyl (C=O) groups excluding carboxylic acids is 1. The van der Waals surface area contributed by atoms with Crippen molar-refractivity contribution < 1.29 is 22.4 Å². The predicted octanol–water partition coefficient (Wildman–Crippen LogP) is 5.34. The molecule has 2 aliphatic carbocycles. The first-order valence-electron chi connectivity index (χ1n) is 9.84. The van der Waals surface area contributed by atoms with Crippen LogP contribution in [-0.2, 0) is 0 Å². The summed E-state index contributed by atoms with van der Waals surface area (Å²) in [6.07, 6.45) is -0.387. The third kappa shape index (κ3) is 4.28. The zero-order valence-electron chi connectivity index (χ0n) is 15.8. The lowest BCUT2D eigenvalue weighted by atomic mass is 9.86. The van der Waals surface area contributed by atoms with Crippen LogP contribution >= 0.6 is 0 Å². The highest BCUT2D eigenvalue weighted by Crippen LogP contribution is 2.62. The molecule has 1 amide bonds. The number of benzene rings is 1. The lowest BCUT2D eigenvalue weighted by Crippen LogP contribution is -2.33. The van der Waals surface area contributed by atoms with E-state index in [2.05, 4.69) is 10.3 Å². The van der Waals surface area contributed by atoms with Crippen molar-refractivity contribution in [3.05, 3.63) is 65.2 Å². The van der Waals surface area contributed by atoms with Gasteiger partial charge in [0.15, 0.2) is 0 Å². The monoisotopic (exact) mass is 406 g/mol. The zero-order valence-corrected chi connectivity index (χ0v) is 15.8. The molecule has 4 rings (SSSR count). The summed E-state index contributed by atoms with van der Waals surface area (Å²) in [5.74, 6) is -1.39. The normalized spacial score (nSPS) is 18.9. The number of carbonyl (C=O) groups is 1. The van der Waals surface area contributed by atoms with E-state index in [9.17, 15) is 22.4 Å². The zero-order chi connectivity index (χ0) is 20.6. The lowest BCUT2D eigenvalue weighted by Gasteiger charge is -2.26. The molecular formula is C22H22F4N2O. The Hall–Kier alpha value is -2.44. The number of pyridine rings is 1. The fourth-order valence-electron chi connectivity index (χ4n) is 3.77. The van der Waals surface area contributed by atoms with Crippen molar-refractivity contribution in [2.45, 2.75) is 50.1 Å². The summed E-state index contributed by atoms with van der Waals surface area (Å²) in [5, 5.41) is 2.62. The molecule has 154 valence electrons. The second-order valence-electron chi connectivity index (χ2n) is 8.16. The highest BCUT2D eigenvalue weighted by molar-refractivity contribution is 5.94. The highest BCUT2D eigenvalue weighted by Gasteiger charge is 2.63. The Morgan fingerprint density at radius 1 is 1.17 bits per heavy atom. The second kappa shape index (κ2) is 7.43. The summed E-state index contributed by atoms with van der Waals surface area (Å²) in [4.78, 5) is 16.8. The summed E-state index contributed by atoms with van der Waals surface area (Å²) in [5.41, 5.74) is -0.195. The predicted molar refractivity (Wildman–Crippen MR) is 100 cm³/mol. The maximum absolute atomic E-state index is 13.8. The standard InChI is InChI=1S/C22H22F4N2O/c23-18-4-2-1-3-17(18)20(29)28-13-16(11-21(9-10-21)22(24,25)26)15-7-8-19(27-12-15)14-5-6-14/h1-4,7-8,12,14,16H,5-6,9-11,13H2,(H,28,29). The van der Waals surface area contributed by atoms with E-state index in [1.165, 1.54) is 18.2 Å². The Labute approximate surface area is 166 Å². The lowest BCUT2D eigenvalue weighted by molar-refractivity contribution is -0.190. The van der Waals surface area contributed by atoms with Gasteiger partial charge in [-0.3, -0.25) is 9.78 Å².